The number of hydrogen-bond donors (Lipinski definition) is 1. The molecule has 5 rings (SSSR count). The summed E-state index contributed by atoms with van der Waals surface area (Å²) < 4.78 is 3.81. The second-order valence-corrected chi connectivity index (χ2v) is 7.78. The van der Waals surface area contributed by atoms with Crippen molar-refractivity contribution in [3.05, 3.63) is 93.4 Å². The second-order valence-electron chi connectivity index (χ2n) is 7.78. The first kappa shape index (κ1) is 20.4. The van der Waals surface area contributed by atoms with Crippen LogP contribution in [-0.4, -0.2) is 29.8 Å². The molecule has 9 heteroatoms. The zero-order valence-corrected chi connectivity index (χ0v) is 17.8. The molecule has 0 aliphatic rings. The molecule has 5 aromatic rings. The molecular weight excluding hydrogens is 420 g/mol. The van der Waals surface area contributed by atoms with Crippen molar-refractivity contribution in [2.45, 2.75) is 13.1 Å². The first-order valence-corrected chi connectivity index (χ1v) is 10.3. The van der Waals surface area contributed by atoms with Crippen LogP contribution in [0.2, 0.25) is 0 Å². The van der Waals surface area contributed by atoms with Crippen molar-refractivity contribution < 1.29 is 4.79 Å². The van der Waals surface area contributed by atoms with Gasteiger partial charge in [0.05, 0.1) is 12.2 Å². The largest absolute Gasteiger partial charge is 0.368 e. The molecule has 0 fully saturated rings. The van der Waals surface area contributed by atoms with Gasteiger partial charge in [0.1, 0.15) is 11.9 Å². The summed E-state index contributed by atoms with van der Waals surface area (Å²) >= 11 is 0. The summed E-state index contributed by atoms with van der Waals surface area (Å²) in [7, 11) is 1.37. The summed E-state index contributed by atoms with van der Waals surface area (Å²) in [4.78, 5) is 41.8. The van der Waals surface area contributed by atoms with Gasteiger partial charge in [-0.25, -0.2) is 4.79 Å². The van der Waals surface area contributed by atoms with Gasteiger partial charge in [0.2, 0.25) is 5.91 Å². The van der Waals surface area contributed by atoms with Crippen molar-refractivity contribution in [1.82, 2.24) is 23.9 Å². The molecule has 2 N–H and O–H groups in total. The van der Waals surface area contributed by atoms with Crippen molar-refractivity contribution in [3.8, 4) is 11.3 Å². The van der Waals surface area contributed by atoms with Crippen LogP contribution in [0.4, 0.5) is 0 Å². The Morgan fingerprint density at radius 3 is 2.48 bits per heavy atom. The van der Waals surface area contributed by atoms with Crippen molar-refractivity contribution in [1.29, 1.82) is 0 Å². The second kappa shape index (κ2) is 7.86. The van der Waals surface area contributed by atoms with E-state index in [2.05, 4.69) is 10.1 Å². The molecule has 0 aliphatic carbocycles. The van der Waals surface area contributed by atoms with E-state index in [1.54, 1.807) is 29.2 Å². The summed E-state index contributed by atoms with van der Waals surface area (Å²) in [6, 6.07) is 17.6. The Kier molecular flexibility index (Phi) is 4.86. The minimum atomic E-state index is -0.703. The highest BCUT2D eigenvalue weighted by Gasteiger charge is 2.23. The number of fused-ring (bicyclic) bond motifs is 2. The maximum Gasteiger partial charge on any atom is 0.332 e. The third-order valence-corrected chi connectivity index (χ3v) is 5.69. The van der Waals surface area contributed by atoms with Crippen molar-refractivity contribution in [2.24, 2.45) is 12.8 Å². The molecule has 0 spiro atoms. The Morgan fingerprint density at radius 1 is 1.00 bits per heavy atom. The molecule has 9 nitrogen and oxygen atoms in total. The van der Waals surface area contributed by atoms with Crippen LogP contribution in [0.1, 0.15) is 5.56 Å². The molecule has 0 aliphatic heterocycles. The van der Waals surface area contributed by atoms with Gasteiger partial charge in [-0.15, -0.1) is 0 Å². The van der Waals surface area contributed by atoms with Crippen LogP contribution in [0.3, 0.4) is 0 Å². The zero-order chi connectivity index (χ0) is 23.1. The normalized spacial score (nSPS) is 11.3. The number of pyridine rings is 1. The molecule has 0 saturated heterocycles. The van der Waals surface area contributed by atoms with Crippen molar-refractivity contribution in [3.63, 3.8) is 0 Å². The predicted octanol–water partition coefficient (Wildman–Crippen LogP) is 1.65. The number of hydrogen-bond acceptors (Lipinski definition) is 5. The minimum absolute atomic E-state index is 0.119. The molecule has 164 valence electrons. The molecule has 2 aromatic carbocycles. The van der Waals surface area contributed by atoms with Gasteiger partial charge in [-0.05, 0) is 28.5 Å². The first-order chi connectivity index (χ1) is 16.0. The summed E-state index contributed by atoms with van der Waals surface area (Å²) in [5.74, 6) is -0.703. The van der Waals surface area contributed by atoms with Crippen LogP contribution in [0, 0.1) is 0 Å². The lowest BCUT2D eigenvalue weighted by Gasteiger charge is -2.10. The van der Waals surface area contributed by atoms with Gasteiger partial charge in [0.15, 0.2) is 5.65 Å². The fourth-order valence-corrected chi connectivity index (χ4v) is 4.17. The molecule has 1 amide bonds. The van der Waals surface area contributed by atoms with Crippen LogP contribution in [0.5, 0.6) is 0 Å². The van der Waals surface area contributed by atoms with E-state index in [0.717, 1.165) is 25.5 Å². The monoisotopic (exact) mass is 440 g/mol. The maximum atomic E-state index is 13.2. The minimum Gasteiger partial charge on any atom is -0.368 e. The standard InChI is InChI=1S/C24H20N6O3/c1-28-23(32)20-21(16-9-11-26-12-10-16)30(27-22(20)29(24(28)33)14-19(25)31)13-17-7-4-6-15-5-2-3-8-18(15)17/h2-12H,13-14H2,1H3,(H2,25,31). The summed E-state index contributed by atoms with van der Waals surface area (Å²) in [5.41, 5.74) is 6.62. The van der Waals surface area contributed by atoms with Gasteiger partial charge in [-0.1, -0.05) is 42.5 Å². The predicted molar refractivity (Wildman–Crippen MR) is 125 cm³/mol. The molecule has 0 radical (unpaired) electrons. The van der Waals surface area contributed by atoms with Gasteiger partial charge >= 0.3 is 5.69 Å². The summed E-state index contributed by atoms with van der Waals surface area (Å²) in [6.07, 6.45) is 3.25. The van der Waals surface area contributed by atoms with Crippen LogP contribution in [-0.2, 0) is 24.9 Å². The van der Waals surface area contributed by atoms with E-state index in [-0.39, 0.29) is 17.6 Å². The third kappa shape index (κ3) is 3.39. The van der Waals surface area contributed by atoms with Crippen molar-refractivity contribution >= 4 is 27.7 Å². The van der Waals surface area contributed by atoms with Gasteiger partial charge in [0.25, 0.3) is 5.56 Å². The Hall–Kier alpha value is -4.53. The van der Waals surface area contributed by atoms with Gasteiger partial charge in [0, 0.05) is 25.0 Å². The molecular formula is C24H20N6O3. The fourth-order valence-electron chi connectivity index (χ4n) is 4.17. The molecule has 3 heterocycles. The van der Waals surface area contributed by atoms with Gasteiger partial charge < -0.3 is 5.73 Å². The highest BCUT2D eigenvalue weighted by Crippen LogP contribution is 2.28. The first-order valence-electron chi connectivity index (χ1n) is 10.3. The van der Waals surface area contributed by atoms with E-state index < -0.39 is 17.2 Å². The SMILES string of the molecule is Cn1c(=O)c2c(-c3ccncc3)n(Cc3cccc4ccccc34)nc2n(CC(N)=O)c1=O. The summed E-state index contributed by atoms with van der Waals surface area (Å²) in [5, 5.41) is 7.03. The van der Waals surface area contributed by atoms with Crippen LogP contribution in [0.15, 0.2) is 76.6 Å². The van der Waals surface area contributed by atoms with E-state index in [0.29, 0.717) is 17.8 Å². The Labute approximate surface area is 187 Å². The number of rotatable bonds is 5. The number of nitrogens with two attached hydrogens (primary N) is 1. The number of primary amides is 1. The Morgan fingerprint density at radius 2 is 1.73 bits per heavy atom. The van der Waals surface area contributed by atoms with E-state index >= 15 is 0 Å². The molecule has 0 atom stereocenters. The number of nitrogens with zero attached hydrogens (tertiary/aromatic N) is 5. The summed E-state index contributed by atoms with van der Waals surface area (Å²) in [6.45, 7) is -0.0356. The Bertz CT molecular complexity index is 1640. The highest BCUT2D eigenvalue weighted by atomic mass is 16.2. The molecule has 0 unspecified atom stereocenters. The van der Waals surface area contributed by atoms with Crippen LogP contribution >= 0.6 is 0 Å². The van der Waals surface area contributed by atoms with Crippen molar-refractivity contribution in [2.75, 3.05) is 0 Å². The molecule has 33 heavy (non-hydrogen) atoms. The van der Waals surface area contributed by atoms with E-state index in [1.807, 2.05) is 42.5 Å². The highest BCUT2D eigenvalue weighted by molar-refractivity contribution is 5.92. The third-order valence-electron chi connectivity index (χ3n) is 5.69. The Balaban J connectivity index is 1.85. The lowest BCUT2D eigenvalue weighted by Crippen LogP contribution is -2.40. The van der Waals surface area contributed by atoms with E-state index in [9.17, 15) is 14.4 Å². The number of carbonyl (C=O) groups is 1. The molecule has 0 saturated carbocycles. The molecule has 3 aromatic heterocycles. The average molecular weight is 440 g/mol. The maximum absolute atomic E-state index is 13.2. The topological polar surface area (TPSA) is 118 Å². The number of amides is 1. The van der Waals surface area contributed by atoms with Gasteiger partial charge in [-0.2, -0.15) is 5.10 Å². The van der Waals surface area contributed by atoms with Crippen LogP contribution < -0.4 is 17.0 Å². The number of carbonyl (C=O) groups excluding carboxylic acids is 1. The smallest absolute Gasteiger partial charge is 0.332 e. The van der Waals surface area contributed by atoms with E-state index in [4.69, 9.17) is 5.73 Å². The van der Waals surface area contributed by atoms with Crippen LogP contribution in [0.25, 0.3) is 33.1 Å². The average Bonchev–Trinajstić information content (AvgIpc) is 3.20. The quantitative estimate of drug-likeness (QED) is 0.446. The fraction of sp³-hybridized carbons (Fsp3) is 0.125. The van der Waals surface area contributed by atoms with Gasteiger partial charge in [-0.3, -0.25) is 28.4 Å². The molecule has 0 bridgehead atoms. The zero-order valence-electron chi connectivity index (χ0n) is 17.8. The number of aromatic nitrogens is 5. The number of benzene rings is 2. The lowest BCUT2D eigenvalue weighted by molar-refractivity contribution is -0.118. The lowest BCUT2D eigenvalue weighted by atomic mass is 10.0. The van der Waals surface area contributed by atoms with E-state index in [1.165, 1.54) is 7.05 Å².